The molecule has 2 unspecified atom stereocenters. The summed E-state index contributed by atoms with van der Waals surface area (Å²) in [7, 11) is 0. The van der Waals surface area contributed by atoms with E-state index in [1.165, 1.54) is 0 Å². The van der Waals surface area contributed by atoms with Crippen LogP contribution >= 0.6 is 0 Å². The zero-order valence-corrected chi connectivity index (χ0v) is 9.23. The van der Waals surface area contributed by atoms with Crippen LogP contribution in [-0.4, -0.2) is 25.5 Å². The van der Waals surface area contributed by atoms with Gasteiger partial charge in [-0.05, 0) is 25.5 Å². The molecule has 1 N–H and O–H groups in total. The molecule has 0 radical (unpaired) electrons. The van der Waals surface area contributed by atoms with Gasteiger partial charge >= 0.3 is 0 Å². The molecular weight excluding hydrogens is 206 g/mol. The third-order valence-electron chi connectivity index (χ3n) is 3.10. The summed E-state index contributed by atoms with van der Waals surface area (Å²) in [5, 5.41) is 3.46. The van der Waals surface area contributed by atoms with Crippen LogP contribution in [0.4, 0.5) is 5.69 Å². The summed E-state index contributed by atoms with van der Waals surface area (Å²) >= 11 is 0. The van der Waals surface area contributed by atoms with Gasteiger partial charge in [0.25, 0.3) is 0 Å². The number of ether oxygens (including phenoxy) is 3. The van der Waals surface area contributed by atoms with E-state index in [9.17, 15) is 0 Å². The maximum Gasteiger partial charge on any atom is 0.231 e. The summed E-state index contributed by atoms with van der Waals surface area (Å²) < 4.78 is 16.1. The van der Waals surface area contributed by atoms with Gasteiger partial charge in [0.05, 0.1) is 12.1 Å². The molecule has 0 bridgehead atoms. The van der Waals surface area contributed by atoms with Crippen molar-refractivity contribution in [3.8, 4) is 11.5 Å². The van der Waals surface area contributed by atoms with Gasteiger partial charge in [-0.15, -0.1) is 0 Å². The summed E-state index contributed by atoms with van der Waals surface area (Å²) in [6, 6.07) is 6.32. The summed E-state index contributed by atoms with van der Waals surface area (Å²) in [6.07, 6.45) is 1.32. The normalized spacial score (nSPS) is 27.1. The lowest BCUT2D eigenvalue weighted by atomic mass is 10.1. The van der Waals surface area contributed by atoms with E-state index in [-0.39, 0.29) is 6.10 Å². The molecule has 0 aromatic heterocycles. The van der Waals surface area contributed by atoms with Crippen molar-refractivity contribution in [2.75, 3.05) is 18.7 Å². The van der Waals surface area contributed by atoms with Crippen LogP contribution in [0.2, 0.25) is 0 Å². The second-order valence-corrected chi connectivity index (χ2v) is 4.18. The molecule has 0 spiro atoms. The zero-order chi connectivity index (χ0) is 11.0. The Morgan fingerprint density at radius 1 is 1.25 bits per heavy atom. The zero-order valence-electron chi connectivity index (χ0n) is 9.23. The van der Waals surface area contributed by atoms with Crippen LogP contribution in [0.1, 0.15) is 13.3 Å². The molecule has 0 saturated carbocycles. The quantitative estimate of drug-likeness (QED) is 0.829. The van der Waals surface area contributed by atoms with Crippen molar-refractivity contribution >= 4 is 5.69 Å². The second kappa shape index (κ2) is 3.87. The average molecular weight is 221 g/mol. The number of fused-ring (bicyclic) bond motifs is 1. The third-order valence-corrected chi connectivity index (χ3v) is 3.10. The van der Waals surface area contributed by atoms with Crippen LogP contribution in [0.15, 0.2) is 18.2 Å². The smallest absolute Gasteiger partial charge is 0.231 e. The highest BCUT2D eigenvalue weighted by molar-refractivity contribution is 5.56. The van der Waals surface area contributed by atoms with Gasteiger partial charge in [0, 0.05) is 18.4 Å². The van der Waals surface area contributed by atoms with Gasteiger partial charge in [0.2, 0.25) is 6.79 Å². The van der Waals surface area contributed by atoms with Gasteiger partial charge < -0.3 is 19.5 Å². The number of nitrogens with one attached hydrogen (secondary N) is 1. The number of hydrogen-bond acceptors (Lipinski definition) is 4. The Kier molecular flexibility index (Phi) is 2.36. The lowest BCUT2D eigenvalue weighted by molar-refractivity contribution is 0.121. The molecule has 1 fully saturated rings. The topological polar surface area (TPSA) is 39.7 Å². The van der Waals surface area contributed by atoms with E-state index in [1.54, 1.807) is 0 Å². The van der Waals surface area contributed by atoms with Crippen molar-refractivity contribution in [2.24, 2.45) is 0 Å². The molecule has 3 rings (SSSR count). The molecule has 0 amide bonds. The Morgan fingerprint density at radius 3 is 2.94 bits per heavy atom. The Bertz CT molecular complexity index is 394. The highest BCUT2D eigenvalue weighted by Gasteiger charge is 2.24. The van der Waals surface area contributed by atoms with Gasteiger partial charge in [0.1, 0.15) is 0 Å². The lowest BCUT2D eigenvalue weighted by Gasteiger charge is -2.17. The van der Waals surface area contributed by atoms with Gasteiger partial charge in [0.15, 0.2) is 11.5 Å². The third kappa shape index (κ3) is 1.69. The van der Waals surface area contributed by atoms with Gasteiger partial charge in [-0.3, -0.25) is 0 Å². The van der Waals surface area contributed by atoms with Crippen molar-refractivity contribution in [1.29, 1.82) is 0 Å². The maximum atomic E-state index is 5.51. The van der Waals surface area contributed by atoms with E-state index in [2.05, 4.69) is 12.2 Å². The molecular formula is C12H15NO3. The van der Waals surface area contributed by atoms with Crippen molar-refractivity contribution in [1.82, 2.24) is 0 Å². The van der Waals surface area contributed by atoms with Crippen LogP contribution in [-0.2, 0) is 4.74 Å². The van der Waals surface area contributed by atoms with E-state index in [0.717, 1.165) is 30.2 Å². The standard InChI is InChI=1S/C12H15NO3/c1-8-10(4-5-14-8)13-9-2-3-11-12(6-9)16-7-15-11/h2-3,6,8,10,13H,4-5,7H2,1H3. The summed E-state index contributed by atoms with van der Waals surface area (Å²) in [5.74, 6) is 1.64. The summed E-state index contributed by atoms with van der Waals surface area (Å²) in [4.78, 5) is 0. The predicted molar refractivity (Wildman–Crippen MR) is 60.0 cm³/mol. The Labute approximate surface area is 94.5 Å². The Balaban J connectivity index is 1.75. The lowest BCUT2D eigenvalue weighted by Crippen LogP contribution is -2.26. The van der Waals surface area contributed by atoms with Crippen LogP contribution < -0.4 is 14.8 Å². The van der Waals surface area contributed by atoms with Crippen LogP contribution in [0, 0.1) is 0 Å². The van der Waals surface area contributed by atoms with E-state index in [0.29, 0.717) is 12.8 Å². The summed E-state index contributed by atoms with van der Waals surface area (Å²) in [6.45, 7) is 3.25. The number of benzene rings is 1. The van der Waals surface area contributed by atoms with Gasteiger partial charge in [-0.25, -0.2) is 0 Å². The fourth-order valence-electron chi connectivity index (χ4n) is 2.12. The first-order chi connectivity index (χ1) is 7.83. The molecule has 2 atom stereocenters. The first kappa shape index (κ1) is 9.78. The average Bonchev–Trinajstić information content (AvgIpc) is 2.88. The van der Waals surface area contributed by atoms with Crippen molar-refractivity contribution in [3.05, 3.63) is 18.2 Å². The van der Waals surface area contributed by atoms with Crippen molar-refractivity contribution in [3.63, 3.8) is 0 Å². The number of rotatable bonds is 2. The molecule has 2 aliphatic heterocycles. The number of hydrogen-bond donors (Lipinski definition) is 1. The molecule has 16 heavy (non-hydrogen) atoms. The van der Waals surface area contributed by atoms with Gasteiger partial charge in [-0.2, -0.15) is 0 Å². The van der Waals surface area contributed by atoms with E-state index in [4.69, 9.17) is 14.2 Å². The summed E-state index contributed by atoms with van der Waals surface area (Å²) in [5.41, 5.74) is 1.06. The molecule has 1 saturated heterocycles. The maximum absolute atomic E-state index is 5.51. The number of anilines is 1. The Hall–Kier alpha value is -1.42. The first-order valence-electron chi connectivity index (χ1n) is 5.61. The molecule has 4 heteroatoms. The van der Waals surface area contributed by atoms with Crippen LogP contribution in [0.5, 0.6) is 11.5 Å². The second-order valence-electron chi connectivity index (χ2n) is 4.18. The van der Waals surface area contributed by atoms with Crippen LogP contribution in [0.25, 0.3) is 0 Å². The minimum Gasteiger partial charge on any atom is -0.454 e. The predicted octanol–water partition coefficient (Wildman–Crippen LogP) is 2.00. The van der Waals surface area contributed by atoms with Crippen molar-refractivity contribution in [2.45, 2.75) is 25.5 Å². The molecule has 2 heterocycles. The monoisotopic (exact) mass is 221 g/mol. The minimum absolute atomic E-state index is 0.269. The first-order valence-corrected chi connectivity index (χ1v) is 5.61. The molecule has 4 nitrogen and oxygen atoms in total. The molecule has 2 aliphatic rings. The fourth-order valence-corrected chi connectivity index (χ4v) is 2.12. The largest absolute Gasteiger partial charge is 0.454 e. The SMILES string of the molecule is CC1OCCC1Nc1ccc2c(c1)OCO2. The van der Waals surface area contributed by atoms with Gasteiger partial charge in [-0.1, -0.05) is 0 Å². The van der Waals surface area contributed by atoms with Crippen LogP contribution in [0.3, 0.4) is 0 Å². The Morgan fingerprint density at radius 2 is 2.12 bits per heavy atom. The fraction of sp³-hybridized carbons (Fsp3) is 0.500. The van der Waals surface area contributed by atoms with E-state index < -0.39 is 0 Å². The van der Waals surface area contributed by atoms with Crippen molar-refractivity contribution < 1.29 is 14.2 Å². The minimum atomic E-state index is 0.269. The highest BCUT2D eigenvalue weighted by Crippen LogP contribution is 2.34. The molecule has 0 aliphatic carbocycles. The molecule has 86 valence electrons. The van der Waals surface area contributed by atoms with E-state index >= 15 is 0 Å². The molecule has 1 aromatic carbocycles. The highest BCUT2D eigenvalue weighted by atomic mass is 16.7. The molecule has 1 aromatic rings. The van der Waals surface area contributed by atoms with E-state index in [1.807, 2.05) is 18.2 Å².